The molecule has 1 unspecified atom stereocenters. The lowest BCUT2D eigenvalue weighted by molar-refractivity contribution is -0.139. The Balaban J connectivity index is 2.34. The van der Waals surface area contributed by atoms with Crippen LogP contribution in [0.15, 0.2) is 48.5 Å². The molecule has 3 nitrogen and oxygen atoms in total. The number of carbonyl (C=O) groups is 1. The number of hydrogen-bond donors (Lipinski definition) is 2. The van der Waals surface area contributed by atoms with E-state index in [1.165, 1.54) is 6.07 Å². The van der Waals surface area contributed by atoms with Crippen molar-refractivity contribution < 1.29 is 23.1 Å². The molecular formula is C19H16F3NO2. The average molecular weight is 347 g/mol. The molecule has 3 aromatic rings. The highest BCUT2D eigenvalue weighted by Crippen LogP contribution is 2.40. The largest absolute Gasteiger partial charge is 0.481 e. The highest BCUT2D eigenvalue weighted by Gasteiger charge is 2.32. The Bertz CT molecular complexity index is 914. The summed E-state index contributed by atoms with van der Waals surface area (Å²) >= 11 is 0. The Kier molecular flexibility index (Phi) is 4.29. The molecule has 0 radical (unpaired) electrons. The molecule has 2 N–H and O–H groups in total. The first-order chi connectivity index (χ1) is 11.8. The van der Waals surface area contributed by atoms with Crippen LogP contribution < -0.4 is 0 Å². The van der Waals surface area contributed by atoms with E-state index in [-0.39, 0.29) is 6.42 Å². The number of alkyl halides is 3. The quantitative estimate of drug-likeness (QED) is 0.661. The van der Waals surface area contributed by atoms with E-state index in [0.29, 0.717) is 22.2 Å². The Labute approximate surface area is 142 Å². The van der Waals surface area contributed by atoms with Crippen LogP contribution in [0.25, 0.3) is 22.2 Å². The fourth-order valence-corrected chi connectivity index (χ4v) is 3.09. The summed E-state index contributed by atoms with van der Waals surface area (Å²) < 4.78 is 39.3. The maximum absolute atomic E-state index is 13.1. The van der Waals surface area contributed by atoms with Crippen LogP contribution in [0, 0.1) is 0 Å². The van der Waals surface area contributed by atoms with Gasteiger partial charge in [0, 0.05) is 10.9 Å². The van der Waals surface area contributed by atoms with E-state index in [9.17, 15) is 23.1 Å². The summed E-state index contributed by atoms with van der Waals surface area (Å²) in [5, 5.41) is 9.86. The average Bonchev–Trinajstić information content (AvgIpc) is 2.94. The van der Waals surface area contributed by atoms with E-state index in [4.69, 9.17) is 0 Å². The van der Waals surface area contributed by atoms with Gasteiger partial charge in [0.25, 0.3) is 0 Å². The zero-order valence-electron chi connectivity index (χ0n) is 13.4. The van der Waals surface area contributed by atoms with Gasteiger partial charge in [0.15, 0.2) is 0 Å². The van der Waals surface area contributed by atoms with Crippen molar-refractivity contribution >= 4 is 16.9 Å². The molecule has 3 rings (SSSR count). The van der Waals surface area contributed by atoms with Gasteiger partial charge < -0.3 is 10.1 Å². The lowest BCUT2D eigenvalue weighted by Crippen LogP contribution is -2.11. The van der Waals surface area contributed by atoms with Crippen molar-refractivity contribution in [2.75, 3.05) is 0 Å². The molecule has 130 valence electrons. The van der Waals surface area contributed by atoms with Crippen molar-refractivity contribution in [3.63, 3.8) is 0 Å². The minimum absolute atomic E-state index is 0.276. The number of hydrogen-bond acceptors (Lipinski definition) is 1. The Morgan fingerprint density at radius 2 is 1.84 bits per heavy atom. The van der Waals surface area contributed by atoms with Gasteiger partial charge in [-0.25, -0.2) is 0 Å². The minimum Gasteiger partial charge on any atom is -0.481 e. The fraction of sp³-hybridized carbons (Fsp3) is 0.211. The van der Waals surface area contributed by atoms with Crippen LogP contribution in [0.2, 0.25) is 0 Å². The van der Waals surface area contributed by atoms with Gasteiger partial charge >= 0.3 is 12.1 Å². The number of carboxylic acid groups (broad SMARTS) is 1. The van der Waals surface area contributed by atoms with E-state index in [1.807, 2.05) is 6.07 Å². The van der Waals surface area contributed by atoms with Gasteiger partial charge in [-0.1, -0.05) is 37.3 Å². The van der Waals surface area contributed by atoms with Crippen LogP contribution in [-0.2, 0) is 11.0 Å². The molecule has 25 heavy (non-hydrogen) atoms. The Hall–Kier alpha value is -2.76. The predicted molar refractivity (Wildman–Crippen MR) is 89.4 cm³/mol. The molecule has 6 heteroatoms. The van der Waals surface area contributed by atoms with E-state index in [2.05, 4.69) is 4.98 Å². The molecule has 0 amide bonds. The van der Waals surface area contributed by atoms with Crippen LogP contribution in [0.5, 0.6) is 0 Å². The number of carboxylic acids is 1. The number of benzene rings is 2. The summed E-state index contributed by atoms with van der Waals surface area (Å²) in [5.41, 5.74) is 1.37. The molecule has 0 bridgehead atoms. The van der Waals surface area contributed by atoms with Crippen molar-refractivity contribution in [3.05, 3.63) is 59.7 Å². The van der Waals surface area contributed by atoms with Gasteiger partial charge in [0.05, 0.1) is 17.2 Å². The van der Waals surface area contributed by atoms with E-state index in [1.54, 1.807) is 31.2 Å². The maximum Gasteiger partial charge on any atom is 0.416 e. The molecule has 1 aromatic heterocycles. The second-order valence-electron chi connectivity index (χ2n) is 5.84. The molecule has 0 aliphatic carbocycles. The van der Waals surface area contributed by atoms with Crippen molar-refractivity contribution in [1.82, 2.24) is 4.98 Å². The van der Waals surface area contributed by atoms with Gasteiger partial charge in [0.2, 0.25) is 0 Å². The third-order valence-corrected chi connectivity index (χ3v) is 4.28. The summed E-state index contributed by atoms with van der Waals surface area (Å²) in [5.74, 6) is -1.95. The number of aliphatic carboxylic acids is 1. The number of aromatic amines is 1. The SMILES string of the molecule is CCC(C(=O)O)c1c(-c2ccccc2)[nH]c2ccc(C(F)(F)F)cc12. The highest BCUT2D eigenvalue weighted by atomic mass is 19.4. The number of H-pyrrole nitrogens is 1. The summed E-state index contributed by atoms with van der Waals surface area (Å²) in [4.78, 5) is 14.8. The Morgan fingerprint density at radius 1 is 1.16 bits per heavy atom. The zero-order chi connectivity index (χ0) is 18.2. The first kappa shape index (κ1) is 17.1. The molecule has 1 atom stereocenters. The van der Waals surface area contributed by atoms with Gasteiger partial charge in [-0.05, 0) is 35.7 Å². The predicted octanol–water partition coefficient (Wildman–Crippen LogP) is 5.43. The van der Waals surface area contributed by atoms with E-state index < -0.39 is 23.6 Å². The third-order valence-electron chi connectivity index (χ3n) is 4.28. The Morgan fingerprint density at radius 3 is 2.40 bits per heavy atom. The fourth-order valence-electron chi connectivity index (χ4n) is 3.09. The summed E-state index contributed by atoms with van der Waals surface area (Å²) in [6.45, 7) is 1.71. The molecular weight excluding hydrogens is 331 g/mol. The smallest absolute Gasteiger partial charge is 0.416 e. The van der Waals surface area contributed by atoms with E-state index in [0.717, 1.165) is 17.7 Å². The van der Waals surface area contributed by atoms with Gasteiger partial charge in [-0.2, -0.15) is 13.2 Å². The van der Waals surface area contributed by atoms with Gasteiger partial charge in [-0.3, -0.25) is 4.79 Å². The number of halogens is 3. The second-order valence-corrected chi connectivity index (χ2v) is 5.84. The van der Waals surface area contributed by atoms with Crippen molar-refractivity contribution in [2.45, 2.75) is 25.4 Å². The van der Waals surface area contributed by atoms with E-state index >= 15 is 0 Å². The van der Waals surface area contributed by atoms with Crippen LogP contribution in [0.4, 0.5) is 13.2 Å². The number of aromatic nitrogens is 1. The van der Waals surface area contributed by atoms with Crippen LogP contribution in [0.1, 0.15) is 30.4 Å². The van der Waals surface area contributed by atoms with Crippen LogP contribution in [0.3, 0.4) is 0 Å². The topological polar surface area (TPSA) is 53.1 Å². The highest BCUT2D eigenvalue weighted by molar-refractivity contribution is 5.96. The maximum atomic E-state index is 13.1. The normalized spacial score (nSPS) is 13.1. The molecule has 2 aromatic carbocycles. The van der Waals surface area contributed by atoms with Crippen LogP contribution >= 0.6 is 0 Å². The number of rotatable bonds is 4. The van der Waals surface area contributed by atoms with Gasteiger partial charge in [0.1, 0.15) is 0 Å². The monoisotopic (exact) mass is 347 g/mol. The van der Waals surface area contributed by atoms with Gasteiger partial charge in [-0.15, -0.1) is 0 Å². The molecule has 0 saturated carbocycles. The van der Waals surface area contributed by atoms with Crippen LogP contribution in [-0.4, -0.2) is 16.1 Å². The standard InChI is InChI=1S/C19H16F3NO2/c1-2-13(18(24)25)16-14-10-12(19(20,21)22)8-9-15(14)23-17(16)11-6-4-3-5-7-11/h3-10,13,23H,2H2,1H3,(H,24,25). The summed E-state index contributed by atoms with van der Waals surface area (Å²) in [7, 11) is 0. The van der Waals surface area contributed by atoms with Crippen molar-refractivity contribution in [3.8, 4) is 11.3 Å². The molecule has 0 spiro atoms. The third kappa shape index (κ3) is 3.12. The lowest BCUT2D eigenvalue weighted by atomic mass is 9.91. The molecule has 0 aliphatic heterocycles. The zero-order valence-corrected chi connectivity index (χ0v) is 13.4. The molecule has 0 aliphatic rings. The second kappa shape index (κ2) is 6.27. The first-order valence-electron chi connectivity index (χ1n) is 7.84. The van der Waals surface area contributed by atoms with Crippen molar-refractivity contribution in [1.29, 1.82) is 0 Å². The summed E-state index contributed by atoms with van der Waals surface area (Å²) in [6.07, 6.45) is -4.21. The molecule has 1 heterocycles. The number of fused-ring (bicyclic) bond motifs is 1. The molecule has 0 fully saturated rings. The van der Waals surface area contributed by atoms with Crippen molar-refractivity contribution in [2.24, 2.45) is 0 Å². The lowest BCUT2D eigenvalue weighted by Gasteiger charge is -2.13. The number of nitrogens with one attached hydrogen (secondary N) is 1. The summed E-state index contributed by atoms with van der Waals surface area (Å²) in [6, 6.07) is 12.4. The minimum atomic E-state index is -4.49. The first-order valence-corrected chi connectivity index (χ1v) is 7.84. The molecule has 0 saturated heterocycles.